The monoisotopic (exact) mass is 262 g/mol. The van der Waals surface area contributed by atoms with Gasteiger partial charge in [0.05, 0.1) is 0 Å². The fraction of sp³-hybridized carbons (Fsp3) is 0.733. The van der Waals surface area contributed by atoms with Crippen LogP contribution in [0.1, 0.15) is 58.4 Å². The molecule has 0 bridgehead atoms. The van der Waals surface area contributed by atoms with Gasteiger partial charge in [-0.15, -0.1) is 0 Å². The molecule has 2 N–H and O–H groups in total. The smallest absolute Gasteiger partial charge is 0.135 e. The number of hydrogen-bond acceptors (Lipinski definition) is 4. The molecule has 0 aliphatic heterocycles. The molecule has 1 unspecified atom stereocenters. The minimum atomic E-state index is 0.346. The van der Waals surface area contributed by atoms with Crippen LogP contribution in [0.3, 0.4) is 0 Å². The van der Waals surface area contributed by atoms with Crippen LogP contribution in [0.25, 0.3) is 0 Å². The van der Waals surface area contributed by atoms with E-state index in [1.807, 2.05) is 7.05 Å². The Morgan fingerprint density at radius 3 is 2.47 bits per heavy atom. The lowest BCUT2D eigenvalue weighted by Gasteiger charge is -2.29. The first-order valence-electron chi connectivity index (χ1n) is 7.25. The maximum atomic E-state index is 4.48. The van der Waals surface area contributed by atoms with Crippen molar-refractivity contribution in [3.05, 3.63) is 11.9 Å². The first-order valence-corrected chi connectivity index (χ1v) is 7.25. The van der Waals surface area contributed by atoms with Gasteiger partial charge >= 0.3 is 0 Å². The van der Waals surface area contributed by atoms with Crippen molar-refractivity contribution in [2.45, 2.75) is 58.9 Å². The van der Waals surface area contributed by atoms with Crippen LogP contribution in [0.2, 0.25) is 0 Å². The molecule has 0 spiro atoms. The van der Waals surface area contributed by atoms with E-state index in [-0.39, 0.29) is 0 Å². The average molecular weight is 262 g/mol. The minimum Gasteiger partial charge on any atom is -0.373 e. The van der Waals surface area contributed by atoms with E-state index in [4.69, 9.17) is 0 Å². The van der Waals surface area contributed by atoms with E-state index in [0.29, 0.717) is 17.4 Å². The predicted octanol–water partition coefficient (Wildman–Crippen LogP) is 3.63. The molecule has 0 aromatic carbocycles. The summed E-state index contributed by atoms with van der Waals surface area (Å²) < 4.78 is 0. The number of nitrogens with one attached hydrogen (secondary N) is 2. The molecule has 2 rings (SSSR count). The van der Waals surface area contributed by atoms with E-state index < -0.39 is 0 Å². The highest BCUT2D eigenvalue weighted by Crippen LogP contribution is 2.40. The lowest BCUT2D eigenvalue weighted by molar-refractivity contribution is 0.349. The van der Waals surface area contributed by atoms with Crippen LogP contribution in [-0.4, -0.2) is 23.1 Å². The highest BCUT2D eigenvalue weighted by molar-refractivity contribution is 5.59. The van der Waals surface area contributed by atoms with Crippen LogP contribution in [0.15, 0.2) is 6.33 Å². The van der Waals surface area contributed by atoms with Crippen molar-refractivity contribution >= 4 is 11.6 Å². The number of rotatable bonds is 4. The fourth-order valence-electron chi connectivity index (χ4n) is 3.02. The van der Waals surface area contributed by atoms with E-state index in [0.717, 1.165) is 11.6 Å². The van der Waals surface area contributed by atoms with Crippen LogP contribution in [0.4, 0.5) is 11.6 Å². The van der Waals surface area contributed by atoms with Gasteiger partial charge in [0, 0.05) is 18.7 Å². The SMILES string of the molecule is CNc1ncnc(NC2CCCC2(C)C)c1C(C)C. The van der Waals surface area contributed by atoms with Crippen molar-refractivity contribution in [3.63, 3.8) is 0 Å². The maximum Gasteiger partial charge on any atom is 0.135 e. The zero-order valence-electron chi connectivity index (χ0n) is 12.7. The molecule has 4 heteroatoms. The molecule has 1 fully saturated rings. The third-order valence-corrected chi connectivity index (χ3v) is 4.27. The van der Waals surface area contributed by atoms with Crippen LogP contribution in [0.5, 0.6) is 0 Å². The van der Waals surface area contributed by atoms with Crippen LogP contribution >= 0.6 is 0 Å². The summed E-state index contributed by atoms with van der Waals surface area (Å²) in [5, 5.41) is 6.84. The Bertz CT molecular complexity index is 440. The second kappa shape index (κ2) is 5.35. The van der Waals surface area contributed by atoms with Crippen LogP contribution in [-0.2, 0) is 0 Å². The van der Waals surface area contributed by atoms with Gasteiger partial charge in [0.15, 0.2) is 0 Å². The molecule has 1 atom stereocenters. The molecule has 1 saturated carbocycles. The average Bonchev–Trinajstić information content (AvgIpc) is 2.68. The largest absolute Gasteiger partial charge is 0.373 e. The molecule has 1 aliphatic carbocycles. The lowest BCUT2D eigenvalue weighted by Crippen LogP contribution is -2.31. The van der Waals surface area contributed by atoms with Gasteiger partial charge in [-0.1, -0.05) is 34.1 Å². The van der Waals surface area contributed by atoms with Gasteiger partial charge < -0.3 is 10.6 Å². The zero-order chi connectivity index (χ0) is 14.0. The zero-order valence-corrected chi connectivity index (χ0v) is 12.7. The first-order chi connectivity index (χ1) is 8.95. The standard InChI is InChI=1S/C15H26N4/c1-10(2)12-13(16-5)17-9-18-14(12)19-11-7-6-8-15(11,3)4/h9-11H,6-8H2,1-5H3,(H2,16,17,18,19). The lowest BCUT2D eigenvalue weighted by atomic mass is 9.87. The second-order valence-corrected chi connectivity index (χ2v) is 6.47. The van der Waals surface area contributed by atoms with E-state index in [1.54, 1.807) is 6.33 Å². The minimum absolute atomic E-state index is 0.346. The number of hydrogen-bond donors (Lipinski definition) is 2. The molecular formula is C15H26N4. The highest BCUT2D eigenvalue weighted by atomic mass is 15.1. The van der Waals surface area contributed by atoms with Crippen molar-refractivity contribution < 1.29 is 0 Å². The van der Waals surface area contributed by atoms with Crippen molar-refractivity contribution in [2.75, 3.05) is 17.7 Å². The first kappa shape index (κ1) is 14.1. The number of anilines is 2. The highest BCUT2D eigenvalue weighted by Gasteiger charge is 2.35. The molecule has 1 heterocycles. The van der Waals surface area contributed by atoms with E-state index in [9.17, 15) is 0 Å². The Morgan fingerprint density at radius 2 is 1.95 bits per heavy atom. The van der Waals surface area contributed by atoms with E-state index in [1.165, 1.54) is 24.8 Å². The van der Waals surface area contributed by atoms with Gasteiger partial charge in [-0.05, 0) is 24.2 Å². The predicted molar refractivity (Wildman–Crippen MR) is 80.7 cm³/mol. The van der Waals surface area contributed by atoms with Gasteiger partial charge in [-0.2, -0.15) is 0 Å². The van der Waals surface area contributed by atoms with Crippen molar-refractivity contribution in [3.8, 4) is 0 Å². The van der Waals surface area contributed by atoms with Crippen LogP contribution in [0, 0.1) is 5.41 Å². The molecule has 106 valence electrons. The third kappa shape index (κ3) is 2.82. The molecule has 4 nitrogen and oxygen atoms in total. The van der Waals surface area contributed by atoms with Crippen molar-refractivity contribution in [1.82, 2.24) is 9.97 Å². The van der Waals surface area contributed by atoms with Crippen molar-refractivity contribution in [1.29, 1.82) is 0 Å². The molecule has 1 aliphatic rings. The summed E-state index contributed by atoms with van der Waals surface area (Å²) in [5.74, 6) is 2.33. The Labute approximate surface area is 116 Å². The van der Waals surface area contributed by atoms with Gasteiger partial charge in [0.2, 0.25) is 0 Å². The molecule has 1 aromatic rings. The summed E-state index contributed by atoms with van der Waals surface area (Å²) in [6.45, 7) is 9.05. The van der Waals surface area contributed by atoms with E-state index >= 15 is 0 Å². The van der Waals surface area contributed by atoms with Gasteiger partial charge in [-0.3, -0.25) is 0 Å². The molecular weight excluding hydrogens is 236 g/mol. The summed E-state index contributed by atoms with van der Waals surface area (Å²) in [6.07, 6.45) is 5.45. The molecule has 19 heavy (non-hydrogen) atoms. The molecule has 0 radical (unpaired) electrons. The maximum absolute atomic E-state index is 4.48. The Morgan fingerprint density at radius 1 is 1.26 bits per heavy atom. The molecule has 0 saturated heterocycles. The quantitative estimate of drug-likeness (QED) is 0.870. The summed E-state index contributed by atoms with van der Waals surface area (Å²) in [5.41, 5.74) is 1.53. The Balaban J connectivity index is 2.30. The van der Waals surface area contributed by atoms with Gasteiger partial charge in [0.25, 0.3) is 0 Å². The Kier molecular flexibility index (Phi) is 3.97. The number of aromatic nitrogens is 2. The van der Waals surface area contributed by atoms with Gasteiger partial charge in [0.1, 0.15) is 18.0 Å². The Hall–Kier alpha value is -1.32. The molecule has 1 aromatic heterocycles. The summed E-state index contributed by atoms with van der Waals surface area (Å²) in [7, 11) is 1.91. The molecule has 0 amide bonds. The summed E-state index contributed by atoms with van der Waals surface area (Å²) >= 11 is 0. The van der Waals surface area contributed by atoms with Crippen molar-refractivity contribution in [2.24, 2.45) is 5.41 Å². The fourth-order valence-corrected chi connectivity index (χ4v) is 3.02. The number of nitrogens with zero attached hydrogens (tertiary/aromatic N) is 2. The van der Waals surface area contributed by atoms with E-state index in [2.05, 4.69) is 48.3 Å². The van der Waals surface area contributed by atoms with Gasteiger partial charge in [-0.25, -0.2) is 9.97 Å². The second-order valence-electron chi connectivity index (χ2n) is 6.47. The summed E-state index contributed by atoms with van der Waals surface area (Å²) in [6, 6.07) is 0.504. The summed E-state index contributed by atoms with van der Waals surface area (Å²) in [4.78, 5) is 8.80. The topological polar surface area (TPSA) is 49.8 Å². The van der Waals surface area contributed by atoms with Crippen LogP contribution < -0.4 is 10.6 Å². The normalized spacial score (nSPS) is 21.7. The third-order valence-electron chi connectivity index (χ3n) is 4.27.